The van der Waals surface area contributed by atoms with E-state index in [-0.39, 0.29) is 6.61 Å². The molecule has 0 fully saturated rings. The van der Waals surface area contributed by atoms with E-state index < -0.39 is 11.9 Å². The molecule has 31 heavy (non-hydrogen) atoms. The number of hydrogen-bond acceptors (Lipinski definition) is 6. The van der Waals surface area contributed by atoms with Crippen LogP contribution in [0.1, 0.15) is 21.5 Å². The van der Waals surface area contributed by atoms with Gasteiger partial charge in [-0.3, -0.25) is 4.79 Å². The molecule has 0 spiro atoms. The van der Waals surface area contributed by atoms with E-state index in [1.807, 2.05) is 12.1 Å². The van der Waals surface area contributed by atoms with E-state index >= 15 is 0 Å². The van der Waals surface area contributed by atoms with Crippen molar-refractivity contribution < 1.29 is 19.1 Å². The molecule has 0 unspecified atom stereocenters. The quantitative estimate of drug-likeness (QED) is 0.239. The summed E-state index contributed by atoms with van der Waals surface area (Å²) >= 11 is 3.32. The molecule has 0 aliphatic heterocycles. The fraction of sp³-hybridized carbons (Fsp3) is 0.0435. The predicted molar refractivity (Wildman–Crippen MR) is 118 cm³/mol. The molecular formula is C23H16BrN3O4. The summed E-state index contributed by atoms with van der Waals surface area (Å²) in [6, 6.07) is 22.2. The Kier molecular flexibility index (Phi) is 7.51. The van der Waals surface area contributed by atoms with Crippen LogP contribution in [0.3, 0.4) is 0 Å². The number of carbonyl (C=O) groups excluding carboxylic acids is 2. The van der Waals surface area contributed by atoms with Crippen LogP contribution < -0.4 is 14.9 Å². The number of amides is 1. The highest BCUT2D eigenvalue weighted by atomic mass is 79.9. The summed E-state index contributed by atoms with van der Waals surface area (Å²) < 4.78 is 11.5. The summed E-state index contributed by atoms with van der Waals surface area (Å²) in [6.07, 6.45) is 1.41. The Hall–Kier alpha value is -3.96. The van der Waals surface area contributed by atoms with E-state index in [1.54, 1.807) is 66.7 Å². The SMILES string of the molecule is N#Cc1ccccc1OCC(=O)NN=Cc1cccc(OC(=O)c2cccc(Br)c2)c1. The van der Waals surface area contributed by atoms with Gasteiger partial charge in [0, 0.05) is 4.47 Å². The maximum Gasteiger partial charge on any atom is 0.343 e. The first-order valence-electron chi connectivity index (χ1n) is 9.07. The Morgan fingerprint density at radius 2 is 1.87 bits per heavy atom. The first-order chi connectivity index (χ1) is 15.0. The molecule has 1 N–H and O–H groups in total. The Balaban J connectivity index is 1.53. The molecule has 154 valence electrons. The smallest absolute Gasteiger partial charge is 0.343 e. The Morgan fingerprint density at radius 1 is 1.06 bits per heavy atom. The van der Waals surface area contributed by atoms with Crippen LogP contribution in [0.15, 0.2) is 82.4 Å². The average Bonchev–Trinajstić information content (AvgIpc) is 2.78. The minimum absolute atomic E-state index is 0.291. The van der Waals surface area contributed by atoms with Gasteiger partial charge in [0.05, 0.1) is 17.3 Å². The summed E-state index contributed by atoms with van der Waals surface area (Å²) in [7, 11) is 0. The van der Waals surface area contributed by atoms with E-state index in [9.17, 15) is 9.59 Å². The molecule has 7 nitrogen and oxygen atoms in total. The van der Waals surface area contributed by atoms with Gasteiger partial charge in [-0.25, -0.2) is 10.2 Å². The van der Waals surface area contributed by atoms with Gasteiger partial charge in [-0.15, -0.1) is 0 Å². The molecule has 3 rings (SSSR count). The molecule has 0 aromatic heterocycles. The van der Waals surface area contributed by atoms with E-state index in [2.05, 4.69) is 26.5 Å². The van der Waals surface area contributed by atoms with Crippen molar-refractivity contribution in [2.45, 2.75) is 0 Å². The van der Waals surface area contributed by atoms with Crippen molar-refractivity contribution >= 4 is 34.0 Å². The van der Waals surface area contributed by atoms with Gasteiger partial charge in [0.25, 0.3) is 5.91 Å². The van der Waals surface area contributed by atoms with Crippen molar-refractivity contribution in [3.63, 3.8) is 0 Å². The predicted octanol–water partition coefficient (Wildman–Crippen LogP) is 4.07. The zero-order chi connectivity index (χ0) is 22.1. The Bertz CT molecular complexity index is 1170. The van der Waals surface area contributed by atoms with Crippen LogP contribution in [0.2, 0.25) is 0 Å². The highest BCUT2D eigenvalue weighted by Gasteiger charge is 2.09. The summed E-state index contributed by atoms with van der Waals surface area (Å²) in [4.78, 5) is 24.1. The molecule has 8 heteroatoms. The van der Waals surface area contributed by atoms with Crippen LogP contribution in [0.5, 0.6) is 11.5 Å². The molecule has 0 saturated heterocycles. The van der Waals surface area contributed by atoms with Crippen LogP contribution in [0.25, 0.3) is 0 Å². The zero-order valence-electron chi connectivity index (χ0n) is 16.1. The van der Waals surface area contributed by atoms with E-state index in [1.165, 1.54) is 6.21 Å². The average molecular weight is 478 g/mol. The fourth-order valence-corrected chi connectivity index (χ4v) is 2.88. The molecular weight excluding hydrogens is 462 g/mol. The molecule has 1 amide bonds. The lowest BCUT2D eigenvalue weighted by Crippen LogP contribution is -2.24. The second kappa shape index (κ2) is 10.7. The number of carbonyl (C=O) groups is 2. The number of benzene rings is 3. The second-order valence-corrected chi connectivity index (χ2v) is 7.08. The van der Waals surface area contributed by atoms with Gasteiger partial charge < -0.3 is 9.47 Å². The zero-order valence-corrected chi connectivity index (χ0v) is 17.7. The Labute approximate surface area is 187 Å². The molecule has 0 saturated carbocycles. The summed E-state index contributed by atoms with van der Waals surface area (Å²) in [5.74, 6) is -0.305. The largest absolute Gasteiger partial charge is 0.482 e. The van der Waals surface area contributed by atoms with Crippen molar-refractivity contribution in [3.05, 3.63) is 94.0 Å². The maximum absolute atomic E-state index is 12.2. The number of halogens is 1. The Morgan fingerprint density at radius 3 is 2.68 bits per heavy atom. The van der Waals surface area contributed by atoms with Crippen LogP contribution in [0, 0.1) is 11.3 Å². The first-order valence-corrected chi connectivity index (χ1v) is 9.86. The topological polar surface area (TPSA) is 101 Å². The van der Waals surface area contributed by atoms with E-state index in [0.717, 1.165) is 4.47 Å². The van der Waals surface area contributed by atoms with Gasteiger partial charge in [-0.2, -0.15) is 10.4 Å². The summed E-state index contributed by atoms with van der Waals surface area (Å²) in [5.41, 5.74) is 3.72. The van der Waals surface area contributed by atoms with Crippen LogP contribution >= 0.6 is 15.9 Å². The molecule has 0 aliphatic carbocycles. The molecule has 0 heterocycles. The molecule has 3 aromatic carbocycles. The van der Waals surface area contributed by atoms with Gasteiger partial charge in [-0.1, -0.05) is 46.3 Å². The van der Waals surface area contributed by atoms with Gasteiger partial charge in [0.1, 0.15) is 17.6 Å². The second-order valence-electron chi connectivity index (χ2n) is 6.16. The third kappa shape index (κ3) is 6.52. The highest BCUT2D eigenvalue weighted by molar-refractivity contribution is 9.10. The third-order valence-corrected chi connectivity index (χ3v) is 4.39. The summed E-state index contributed by atoms with van der Waals surface area (Å²) in [6.45, 7) is -0.291. The number of nitriles is 1. The summed E-state index contributed by atoms with van der Waals surface area (Å²) in [5, 5.41) is 12.9. The van der Waals surface area contributed by atoms with E-state index in [0.29, 0.717) is 28.2 Å². The lowest BCUT2D eigenvalue weighted by atomic mass is 10.2. The van der Waals surface area contributed by atoms with Crippen molar-refractivity contribution in [3.8, 4) is 17.6 Å². The van der Waals surface area contributed by atoms with Crippen LogP contribution in [-0.2, 0) is 4.79 Å². The van der Waals surface area contributed by atoms with Gasteiger partial charge in [0.2, 0.25) is 0 Å². The number of esters is 1. The highest BCUT2D eigenvalue weighted by Crippen LogP contribution is 2.17. The third-order valence-electron chi connectivity index (χ3n) is 3.90. The number of hydrazone groups is 1. The molecule has 0 radical (unpaired) electrons. The normalized spacial score (nSPS) is 10.3. The minimum atomic E-state index is -0.488. The maximum atomic E-state index is 12.2. The molecule has 0 aliphatic rings. The van der Waals surface area contributed by atoms with Gasteiger partial charge >= 0.3 is 5.97 Å². The standard InChI is InChI=1S/C23H16BrN3O4/c24-19-8-4-7-17(12-19)23(29)31-20-9-3-5-16(11-20)14-26-27-22(28)15-30-21-10-2-1-6-18(21)13-25/h1-12,14H,15H2,(H,27,28). The minimum Gasteiger partial charge on any atom is -0.482 e. The van der Waals surface area contributed by atoms with Crippen LogP contribution in [0.4, 0.5) is 0 Å². The number of hydrogen-bond donors (Lipinski definition) is 1. The van der Waals surface area contributed by atoms with Crippen molar-refractivity contribution in [2.24, 2.45) is 5.10 Å². The van der Waals surface area contributed by atoms with E-state index in [4.69, 9.17) is 14.7 Å². The van der Waals surface area contributed by atoms with Crippen molar-refractivity contribution in [2.75, 3.05) is 6.61 Å². The van der Waals surface area contributed by atoms with Crippen LogP contribution in [-0.4, -0.2) is 24.7 Å². The molecule has 3 aromatic rings. The van der Waals surface area contributed by atoms with Gasteiger partial charge in [0.15, 0.2) is 6.61 Å². The lowest BCUT2D eigenvalue weighted by molar-refractivity contribution is -0.123. The number of para-hydroxylation sites is 1. The number of nitrogens with one attached hydrogen (secondary N) is 1. The fourth-order valence-electron chi connectivity index (χ4n) is 2.48. The monoisotopic (exact) mass is 477 g/mol. The molecule has 0 bridgehead atoms. The lowest BCUT2D eigenvalue weighted by Gasteiger charge is -2.06. The molecule has 0 atom stereocenters. The first kappa shape index (κ1) is 21.7. The van der Waals surface area contributed by atoms with Crippen molar-refractivity contribution in [1.82, 2.24) is 5.43 Å². The van der Waals surface area contributed by atoms with Crippen molar-refractivity contribution in [1.29, 1.82) is 5.26 Å². The number of nitrogens with zero attached hydrogens (tertiary/aromatic N) is 2. The van der Waals surface area contributed by atoms with Gasteiger partial charge in [-0.05, 0) is 48.0 Å². The number of ether oxygens (including phenoxy) is 2. The number of rotatable bonds is 7.